The first-order valence-corrected chi connectivity index (χ1v) is 5.85. The predicted molar refractivity (Wildman–Crippen MR) is 61.7 cm³/mol. The summed E-state index contributed by atoms with van der Waals surface area (Å²) in [5.41, 5.74) is 7.61. The van der Waals surface area contributed by atoms with Crippen molar-refractivity contribution in [2.24, 2.45) is 11.7 Å². The lowest BCUT2D eigenvalue weighted by Gasteiger charge is -2.22. The molecule has 16 heavy (non-hydrogen) atoms. The van der Waals surface area contributed by atoms with Crippen molar-refractivity contribution < 1.29 is 9.50 Å². The van der Waals surface area contributed by atoms with Gasteiger partial charge in [0, 0.05) is 11.6 Å². The maximum Gasteiger partial charge on any atom is 0.165 e. The van der Waals surface area contributed by atoms with E-state index in [2.05, 4.69) is 0 Å². The topological polar surface area (TPSA) is 46.2 Å². The van der Waals surface area contributed by atoms with Gasteiger partial charge in [-0.15, -0.1) is 0 Å². The van der Waals surface area contributed by atoms with Crippen LogP contribution in [0.2, 0.25) is 0 Å². The third-order valence-corrected chi connectivity index (χ3v) is 3.63. The van der Waals surface area contributed by atoms with Gasteiger partial charge in [-0.3, -0.25) is 0 Å². The molecule has 88 valence electrons. The summed E-state index contributed by atoms with van der Waals surface area (Å²) in [5.74, 6) is -0.458. The lowest BCUT2D eigenvalue weighted by atomic mass is 9.89. The normalized spacial score (nSPS) is 18.9. The van der Waals surface area contributed by atoms with Crippen molar-refractivity contribution in [2.75, 3.05) is 0 Å². The van der Waals surface area contributed by atoms with Crippen LogP contribution in [0, 0.1) is 18.7 Å². The molecule has 1 aliphatic rings. The molecule has 0 saturated heterocycles. The molecule has 2 nitrogen and oxygen atoms in total. The maximum absolute atomic E-state index is 13.3. The molecule has 1 fully saturated rings. The Morgan fingerprint density at radius 2 is 2.00 bits per heavy atom. The highest BCUT2D eigenvalue weighted by molar-refractivity contribution is 5.42. The van der Waals surface area contributed by atoms with Gasteiger partial charge in [-0.1, -0.05) is 18.9 Å². The Bertz CT molecular complexity index is 386. The summed E-state index contributed by atoms with van der Waals surface area (Å²) in [5, 5.41) is 9.75. The van der Waals surface area contributed by atoms with E-state index in [0.717, 1.165) is 18.4 Å². The molecule has 0 heterocycles. The van der Waals surface area contributed by atoms with Gasteiger partial charge < -0.3 is 10.8 Å². The van der Waals surface area contributed by atoms with Crippen LogP contribution in [0.25, 0.3) is 0 Å². The zero-order chi connectivity index (χ0) is 11.7. The average Bonchev–Trinajstić information content (AvgIpc) is 2.77. The van der Waals surface area contributed by atoms with E-state index < -0.39 is 5.82 Å². The van der Waals surface area contributed by atoms with E-state index in [0.29, 0.717) is 11.5 Å². The van der Waals surface area contributed by atoms with Crippen molar-refractivity contribution in [2.45, 2.75) is 38.6 Å². The first-order valence-electron chi connectivity index (χ1n) is 5.85. The summed E-state index contributed by atoms with van der Waals surface area (Å²) < 4.78 is 13.3. The van der Waals surface area contributed by atoms with Crippen LogP contribution in [0.15, 0.2) is 12.1 Å². The molecule has 0 radical (unpaired) electrons. The maximum atomic E-state index is 13.3. The second-order valence-electron chi connectivity index (χ2n) is 4.70. The highest BCUT2D eigenvalue weighted by Crippen LogP contribution is 2.39. The SMILES string of the molecule is Cc1ccc(F)c(O)c1[C@@H](N)C1CCCC1. The second-order valence-corrected chi connectivity index (χ2v) is 4.70. The Balaban J connectivity index is 2.34. The van der Waals surface area contributed by atoms with Crippen LogP contribution in [0.5, 0.6) is 5.75 Å². The smallest absolute Gasteiger partial charge is 0.165 e. The van der Waals surface area contributed by atoms with Gasteiger partial charge in [0.25, 0.3) is 0 Å². The fourth-order valence-corrected chi connectivity index (χ4v) is 2.66. The lowest BCUT2D eigenvalue weighted by Crippen LogP contribution is -2.20. The van der Waals surface area contributed by atoms with Crippen molar-refractivity contribution in [1.82, 2.24) is 0 Å². The standard InChI is InChI=1S/C13H18FNO/c1-8-6-7-10(14)13(16)11(8)12(15)9-4-2-3-5-9/h6-7,9,12,16H,2-5,15H2,1H3/t12-/m0/s1. The number of phenolic OH excluding ortho intramolecular Hbond substituents is 1. The van der Waals surface area contributed by atoms with E-state index in [4.69, 9.17) is 5.73 Å². The molecule has 3 heteroatoms. The fraction of sp³-hybridized carbons (Fsp3) is 0.538. The minimum absolute atomic E-state index is 0.238. The van der Waals surface area contributed by atoms with Gasteiger partial charge in [0.15, 0.2) is 11.6 Å². The molecule has 0 aromatic heterocycles. The number of hydrogen-bond donors (Lipinski definition) is 2. The van der Waals surface area contributed by atoms with Crippen LogP contribution in [-0.2, 0) is 0 Å². The molecule has 2 rings (SSSR count). The first-order chi connectivity index (χ1) is 7.61. The monoisotopic (exact) mass is 223 g/mol. The van der Waals surface area contributed by atoms with E-state index in [1.807, 2.05) is 6.92 Å². The van der Waals surface area contributed by atoms with Gasteiger partial charge >= 0.3 is 0 Å². The van der Waals surface area contributed by atoms with Gasteiger partial charge in [0.1, 0.15) is 0 Å². The quantitative estimate of drug-likeness (QED) is 0.809. The van der Waals surface area contributed by atoms with Crippen molar-refractivity contribution in [1.29, 1.82) is 0 Å². The number of rotatable bonds is 2. The Kier molecular flexibility index (Phi) is 3.15. The molecule has 0 spiro atoms. The minimum atomic E-state index is -0.575. The zero-order valence-corrected chi connectivity index (χ0v) is 9.54. The lowest BCUT2D eigenvalue weighted by molar-refractivity contribution is 0.390. The van der Waals surface area contributed by atoms with Crippen LogP contribution < -0.4 is 5.73 Å². The summed E-state index contributed by atoms with van der Waals surface area (Å²) >= 11 is 0. The Hall–Kier alpha value is -1.09. The van der Waals surface area contributed by atoms with Crippen LogP contribution in [0.3, 0.4) is 0 Å². The van der Waals surface area contributed by atoms with Crippen LogP contribution in [-0.4, -0.2) is 5.11 Å². The Morgan fingerprint density at radius 3 is 2.62 bits per heavy atom. The summed E-state index contributed by atoms with van der Waals surface area (Å²) in [6, 6.07) is 2.73. The Morgan fingerprint density at radius 1 is 1.38 bits per heavy atom. The number of aromatic hydroxyl groups is 1. The van der Waals surface area contributed by atoms with Crippen LogP contribution in [0.4, 0.5) is 4.39 Å². The zero-order valence-electron chi connectivity index (χ0n) is 9.54. The molecule has 1 aromatic rings. The van der Waals surface area contributed by atoms with Gasteiger partial charge in [-0.05, 0) is 37.3 Å². The molecule has 0 unspecified atom stereocenters. The third-order valence-electron chi connectivity index (χ3n) is 3.63. The first kappa shape index (κ1) is 11.4. The molecule has 1 atom stereocenters. The highest BCUT2D eigenvalue weighted by Gasteiger charge is 2.27. The second kappa shape index (κ2) is 4.42. The van der Waals surface area contributed by atoms with Gasteiger partial charge in [-0.25, -0.2) is 4.39 Å². The van der Waals surface area contributed by atoms with Crippen molar-refractivity contribution in [3.63, 3.8) is 0 Å². The summed E-state index contributed by atoms with van der Waals surface area (Å²) in [6.07, 6.45) is 4.54. The van der Waals surface area contributed by atoms with E-state index in [9.17, 15) is 9.50 Å². The molecular formula is C13H18FNO. The molecule has 1 saturated carbocycles. The number of benzene rings is 1. The molecule has 3 N–H and O–H groups in total. The minimum Gasteiger partial charge on any atom is -0.505 e. The average molecular weight is 223 g/mol. The van der Waals surface area contributed by atoms with Crippen molar-refractivity contribution in [3.05, 3.63) is 29.1 Å². The third kappa shape index (κ3) is 1.92. The molecular weight excluding hydrogens is 205 g/mol. The summed E-state index contributed by atoms with van der Waals surface area (Å²) in [6.45, 7) is 1.86. The number of nitrogens with two attached hydrogens (primary N) is 1. The molecule has 0 amide bonds. The van der Waals surface area contributed by atoms with Gasteiger partial charge in [0.2, 0.25) is 0 Å². The van der Waals surface area contributed by atoms with Gasteiger partial charge in [-0.2, -0.15) is 0 Å². The van der Waals surface area contributed by atoms with E-state index in [1.165, 1.54) is 18.9 Å². The largest absolute Gasteiger partial charge is 0.505 e. The predicted octanol–water partition coefficient (Wildman–Crippen LogP) is 3.03. The number of halogens is 1. The molecule has 1 aliphatic carbocycles. The van der Waals surface area contributed by atoms with Crippen molar-refractivity contribution >= 4 is 0 Å². The number of aryl methyl sites for hydroxylation is 1. The van der Waals surface area contributed by atoms with E-state index in [1.54, 1.807) is 6.07 Å². The highest BCUT2D eigenvalue weighted by atomic mass is 19.1. The molecule has 1 aromatic carbocycles. The van der Waals surface area contributed by atoms with Crippen LogP contribution >= 0.6 is 0 Å². The van der Waals surface area contributed by atoms with Gasteiger partial charge in [0.05, 0.1) is 0 Å². The molecule has 0 aliphatic heterocycles. The van der Waals surface area contributed by atoms with E-state index >= 15 is 0 Å². The number of phenols is 1. The summed E-state index contributed by atoms with van der Waals surface area (Å²) in [4.78, 5) is 0. The van der Waals surface area contributed by atoms with Crippen LogP contribution in [0.1, 0.15) is 42.9 Å². The molecule has 0 bridgehead atoms. The Labute approximate surface area is 95.3 Å². The number of hydrogen-bond acceptors (Lipinski definition) is 2. The van der Waals surface area contributed by atoms with Crippen molar-refractivity contribution in [3.8, 4) is 5.75 Å². The summed E-state index contributed by atoms with van der Waals surface area (Å²) in [7, 11) is 0. The van der Waals surface area contributed by atoms with E-state index in [-0.39, 0.29) is 11.8 Å². The fourth-order valence-electron chi connectivity index (χ4n) is 2.66.